The molecule has 2 rings (SSSR count). The van der Waals surface area contributed by atoms with Crippen LogP contribution in [0.15, 0.2) is 18.3 Å². The standard InChI is InChI=1S/C17H22N2O2/c1-2-13-7-3-4-10-15(13)19-17(21)16-14(9-6-12-20)8-5-11-18-16/h5,8,11,13,15,20H,2-4,7,10,12H2,1H3,(H,19,21). The van der Waals surface area contributed by atoms with Gasteiger partial charge in [-0.2, -0.15) is 0 Å². The summed E-state index contributed by atoms with van der Waals surface area (Å²) in [4.78, 5) is 16.6. The number of amides is 1. The van der Waals surface area contributed by atoms with Gasteiger partial charge in [0.15, 0.2) is 0 Å². The second-order valence-electron chi connectivity index (χ2n) is 5.39. The van der Waals surface area contributed by atoms with Crippen LogP contribution >= 0.6 is 0 Å². The highest BCUT2D eigenvalue weighted by Crippen LogP contribution is 2.27. The van der Waals surface area contributed by atoms with Gasteiger partial charge in [0.2, 0.25) is 0 Å². The number of aromatic nitrogens is 1. The Morgan fingerprint density at radius 1 is 1.48 bits per heavy atom. The predicted molar refractivity (Wildman–Crippen MR) is 81.7 cm³/mol. The van der Waals surface area contributed by atoms with Crippen LogP contribution in [-0.4, -0.2) is 28.6 Å². The molecule has 1 aromatic heterocycles. The number of hydrogen-bond donors (Lipinski definition) is 2. The third-order valence-corrected chi connectivity index (χ3v) is 4.07. The van der Waals surface area contributed by atoms with E-state index in [1.165, 1.54) is 19.3 Å². The second-order valence-corrected chi connectivity index (χ2v) is 5.39. The number of carbonyl (C=O) groups is 1. The van der Waals surface area contributed by atoms with Gasteiger partial charge in [0.25, 0.3) is 5.91 Å². The van der Waals surface area contributed by atoms with Crippen molar-refractivity contribution >= 4 is 5.91 Å². The minimum atomic E-state index is -0.226. The van der Waals surface area contributed by atoms with E-state index in [1.807, 2.05) is 0 Å². The molecule has 0 spiro atoms. The first-order valence-corrected chi connectivity index (χ1v) is 7.61. The molecule has 4 heteroatoms. The van der Waals surface area contributed by atoms with Gasteiger partial charge in [0.05, 0.1) is 5.56 Å². The van der Waals surface area contributed by atoms with Gasteiger partial charge in [-0.05, 0) is 30.9 Å². The molecule has 0 saturated heterocycles. The van der Waals surface area contributed by atoms with Crippen molar-refractivity contribution in [3.05, 3.63) is 29.6 Å². The average Bonchev–Trinajstić information content (AvgIpc) is 2.53. The smallest absolute Gasteiger partial charge is 0.271 e. The molecule has 1 amide bonds. The summed E-state index contributed by atoms with van der Waals surface area (Å²) in [5, 5.41) is 11.9. The van der Waals surface area contributed by atoms with Crippen molar-refractivity contribution in [1.82, 2.24) is 10.3 Å². The van der Waals surface area contributed by atoms with Gasteiger partial charge >= 0.3 is 0 Å². The third kappa shape index (κ3) is 4.05. The zero-order valence-corrected chi connectivity index (χ0v) is 12.4. The highest BCUT2D eigenvalue weighted by molar-refractivity contribution is 5.94. The highest BCUT2D eigenvalue weighted by Gasteiger charge is 2.26. The van der Waals surface area contributed by atoms with Gasteiger partial charge in [-0.3, -0.25) is 4.79 Å². The van der Waals surface area contributed by atoms with E-state index in [0.717, 1.165) is 12.8 Å². The third-order valence-electron chi connectivity index (χ3n) is 4.07. The van der Waals surface area contributed by atoms with Crippen LogP contribution in [0.2, 0.25) is 0 Å². The molecule has 1 saturated carbocycles. The number of carbonyl (C=O) groups excluding carboxylic acids is 1. The molecular formula is C17H22N2O2. The summed E-state index contributed by atoms with van der Waals surface area (Å²) in [6.07, 6.45) is 7.32. The molecule has 1 fully saturated rings. The van der Waals surface area contributed by atoms with Gasteiger partial charge < -0.3 is 10.4 Å². The van der Waals surface area contributed by atoms with Crippen LogP contribution in [0.3, 0.4) is 0 Å². The number of aliphatic hydroxyl groups excluding tert-OH is 1. The van der Waals surface area contributed by atoms with E-state index in [2.05, 4.69) is 29.1 Å². The van der Waals surface area contributed by atoms with E-state index < -0.39 is 0 Å². The lowest BCUT2D eigenvalue weighted by molar-refractivity contribution is 0.0899. The van der Waals surface area contributed by atoms with Crippen molar-refractivity contribution in [2.24, 2.45) is 5.92 Å². The summed E-state index contributed by atoms with van der Waals surface area (Å²) >= 11 is 0. The summed E-state index contributed by atoms with van der Waals surface area (Å²) in [5.41, 5.74) is 0.909. The SMILES string of the molecule is CCC1CCCCC1NC(=O)c1ncccc1C#CCO. The van der Waals surface area contributed by atoms with Crippen molar-refractivity contribution < 1.29 is 9.90 Å². The van der Waals surface area contributed by atoms with Gasteiger partial charge in [0, 0.05) is 12.2 Å². The van der Waals surface area contributed by atoms with E-state index in [4.69, 9.17) is 5.11 Å². The molecule has 1 aliphatic carbocycles. The van der Waals surface area contributed by atoms with E-state index >= 15 is 0 Å². The fraction of sp³-hybridized carbons (Fsp3) is 0.529. The first kappa shape index (κ1) is 15.5. The molecule has 4 nitrogen and oxygen atoms in total. The first-order valence-electron chi connectivity index (χ1n) is 7.61. The van der Waals surface area contributed by atoms with E-state index in [0.29, 0.717) is 17.2 Å². The highest BCUT2D eigenvalue weighted by atomic mass is 16.2. The average molecular weight is 286 g/mol. The zero-order valence-electron chi connectivity index (χ0n) is 12.4. The van der Waals surface area contributed by atoms with Gasteiger partial charge in [-0.1, -0.05) is 38.0 Å². The second kappa shape index (κ2) is 7.80. The van der Waals surface area contributed by atoms with Crippen molar-refractivity contribution in [2.45, 2.75) is 45.1 Å². The minimum absolute atomic E-state index is 0.164. The first-order chi connectivity index (χ1) is 10.3. The van der Waals surface area contributed by atoms with Crippen molar-refractivity contribution in [1.29, 1.82) is 0 Å². The summed E-state index contributed by atoms with van der Waals surface area (Å²) in [7, 11) is 0. The molecule has 2 unspecified atom stereocenters. The Labute approximate surface area is 126 Å². The number of rotatable bonds is 3. The lowest BCUT2D eigenvalue weighted by Crippen LogP contribution is -2.42. The van der Waals surface area contributed by atoms with Crippen LogP contribution in [0, 0.1) is 17.8 Å². The molecule has 0 radical (unpaired) electrons. The van der Waals surface area contributed by atoms with E-state index in [1.54, 1.807) is 18.3 Å². The molecule has 1 aromatic rings. The molecular weight excluding hydrogens is 264 g/mol. The zero-order chi connectivity index (χ0) is 15.1. The Morgan fingerprint density at radius 3 is 3.05 bits per heavy atom. The van der Waals surface area contributed by atoms with E-state index in [-0.39, 0.29) is 18.6 Å². The number of hydrogen-bond acceptors (Lipinski definition) is 3. The summed E-state index contributed by atoms with van der Waals surface area (Å²) in [6.45, 7) is 1.95. The molecule has 1 aliphatic rings. The quantitative estimate of drug-likeness (QED) is 0.837. The Kier molecular flexibility index (Phi) is 5.77. The molecule has 2 N–H and O–H groups in total. The fourth-order valence-electron chi connectivity index (χ4n) is 2.94. The van der Waals surface area contributed by atoms with Crippen molar-refractivity contribution in [3.8, 4) is 11.8 Å². The molecule has 1 heterocycles. The van der Waals surface area contributed by atoms with Gasteiger partial charge in [-0.15, -0.1) is 0 Å². The monoisotopic (exact) mass is 286 g/mol. The van der Waals surface area contributed by atoms with Crippen LogP contribution in [0.5, 0.6) is 0 Å². The van der Waals surface area contributed by atoms with Crippen LogP contribution < -0.4 is 5.32 Å². The van der Waals surface area contributed by atoms with Crippen LogP contribution in [-0.2, 0) is 0 Å². The maximum Gasteiger partial charge on any atom is 0.271 e. The van der Waals surface area contributed by atoms with Crippen LogP contribution in [0.4, 0.5) is 0 Å². The van der Waals surface area contributed by atoms with Crippen LogP contribution in [0.25, 0.3) is 0 Å². The molecule has 2 atom stereocenters. The van der Waals surface area contributed by atoms with Gasteiger partial charge in [0.1, 0.15) is 12.3 Å². The minimum Gasteiger partial charge on any atom is -0.384 e. The summed E-state index contributed by atoms with van der Waals surface area (Å²) in [5.74, 6) is 5.74. The van der Waals surface area contributed by atoms with Crippen molar-refractivity contribution in [2.75, 3.05) is 6.61 Å². The molecule has 0 aromatic carbocycles. The molecule has 112 valence electrons. The normalized spacial score (nSPS) is 21.2. The Bertz CT molecular complexity index is 545. The number of nitrogens with one attached hydrogen (secondary N) is 1. The summed E-state index contributed by atoms with van der Waals surface area (Å²) in [6, 6.07) is 3.73. The number of pyridine rings is 1. The number of aliphatic hydroxyl groups is 1. The van der Waals surface area contributed by atoms with Gasteiger partial charge in [-0.25, -0.2) is 4.98 Å². The fourth-order valence-corrected chi connectivity index (χ4v) is 2.94. The molecule has 0 aliphatic heterocycles. The molecule has 21 heavy (non-hydrogen) atoms. The maximum absolute atomic E-state index is 12.5. The lowest BCUT2D eigenvalue weighted by atomic mass is 9.83. The number of nitrogens with zero attached hydrogens (tertiary/aromatic N) is 1. The Balaban J connectivity index is 2.13. The topological polar surface area (TPSA) is 62.2 Å². The largest absolute Gasteiger partial charge is 0.384 e. The maximum atomic E-state index is 12.5. The van der Waals surface area contributed by atoms with E-state index in [9.17, 15) is 4.79 Å². The van der Waals surface area contributed by atoms with Crippen molar-refractivity contribution in [3.63, 3.8) is 0 Å². The lowest BCUT2D eigenvalue weighted by Gasteiger charge is -2.31. The summed E-state index contributed by atoms with van der Waals surface area (Å²) < 4.78 is 0. The predicted octanol–water partition coefficient (Wildman–Crippen LogP) is 2.12. The Hall–Kier alpha value is -1.86. The van der Waals surface area contributed by atoms with Crippen LogP contribution in [0.1, 0.15) is 55.1 Å². The Morgan fingerprint density at radius 2 is 2.29 bits per heavy atom. The molecule has 0 bridgehead atoms.